The van der Waals surface area contributed by atoms with Gasteiger partial charge in [-0.1, -0.05) is 13.3 Å². The van der Waals surface area contributed by atoms with Crippen molar-refractivity contribution in [2.45, 2.75) is 39.0 Å². The van der Waals surface area contributed by atoms with E-state index in [9.17, 15) is 0 Å². The van der Waals surface area contributed by atoms with Gasteiger partial charge in [0.15, 0.2) is 0 Å². The highest BCUT2D eigenvalue weighted by Gasteiger charge is 2.34. The second kappa shape index (κ2) is 4.63. The summed E-state index contributed by atoms with van der Waals surface area (Å²) in [5, 5.41) is 3.64. The summed E-state index contributed by atoms with van der Waals surface area (Å²) in [4.78, 5) is 0. The molecular weight excluding hydrogens is 174 g/mol. The zero-order valence-electron chi connectivity index (χ0n) is 9.35. The molecule has 2 heteroatoms. The van der Waals surface area contributed by atoms with Crippen LogP contribution in [0, 0.1) is 11.3 Å². The molecule has 1 aliphatic heterocycles. The Balaban J connectivity index is 1.61. The van der Waals surface area contributed by atoms with Gasteiger partial charge in [0.1, 0.15) is 0 Å². The van der Waals surface area contributed by atoms with Crippen LogP contribution in [-0.2, 0) is 4.74 Å². The van der Waals surface area contributed by atoms with Crippen molar-refractivity contribution in [3.8, 4) is 0 Å². The fourth-order valence-corrected chi connectivity index (χ4v) is 2.62. The summed E-state index contributed by atoms with van der Waals surface area (Å²) in [6.07, 6.45) is 6.94. The predicted molar refractivity (Wildman–Crippen MR) is 58.4 cm³/mol. The summed E-state index contributed by atoms with van der Waals surface area (Å²) in [5.74, 6) is 0.781. The molecule has 2 rings (SSSR count). The van der Waals surface area contributed by atoms with Crippen LogP contribution in [0.2, 0.25) is 0 Å². The van der Waals surface area contributed by atoms with Gasteiger partial charge in [-0.2, -0.15) is 0 Å². The number of rotatable bonds is 5. The fourth-order valence-electron chi connectivity index (χ4n) is 2.62. The zero-order valence-corrected chi connectivity index (χ0v) is 9.35. The first-order valence-electron chi connectivity index (χ1n) is 6.13. The minimum atomic E-state index is 0.666. The first-order chi connectivity index (χ1) is 6.85. The van der Waals surface area contributed by atoms with E-state index in [1.165, 1.54) is 45.2 Å². The summed E-state index contributed by atoms with van der Waals surface area (Å²) >= 11 is 0. The van der Waals surface area contributed by atoms with Crippen molar-refractivity contribution in [1.29, 1.82) is 0 Å². The van der Waals surface area contributed by atoms with E-state index >= 15 is 0 Å². The summed E-state index contributed by atoms with van der Waals surface area (Å²) in [7, 11) is 0. The van der Waals surface area contributed by atoms with Crippen LogP contribution < -0.4 is 5.32 Å². The highest BCUT2D eigenvalue weighted by Crippen LogP contribution is 2.43. The van der Waals surface area contributed by atoms with E-state index in [1.807, 2.05) is 0 Å². The second-order valence-electron chi connectivity index (χ2n) is 5.07. The molecule has 1 unspecified atom stereocenters. The van der Waals surface area contributed by atoms with Gasteiger partial charge in [-0.05, 0) is 37.0 Å². The largest absolute Gasteiger partial charge is 0.381 e. The van der Waals surface area contributed by atoms with Crippen molar-refractivity contribution in [2.24, 2.45) is 11.3 Å². The maximum Gasteiger partial charge on any atom is 0.0507 e. The van der Waals surface area contributed by atoms with Gasteiger partial charge < -0.3 is 10.1 Å². The van der Waals surface area contributed by atoms with Crippen LogP contribution in [0.3, 0.4) is 0 Å². The molecule has 1 aliphatic carbocycles. The average Bonchev–Trinajstić information content (AvgIpc) is 2.62. The number of nitrogens with one attached hydrogen (secondary N) is 1. The Hall–Kier alpha value is -0.0800. The highest BCUT2D eigenvalue weighted by molar-refractivity contribution is 4.88. The number of hydrogen-bond donors (Lipinski definition) is 1. The molecule has 0 aromatic heterocycles. The molecule has 82 valence electrons. The Morgan fingerprint density at radius 2 is 2.29 bits per heavy atom. The van der Waals surface area contributed by atoms with Gasteiger partial charge in [0.05, 0.1) is 6.61 Å². The molecule has 1 heterocycles. The van der Waals surface area contributed by atoms with Crippen molar-refractivity contribution in [2.75, 3.05) is 26.3 Å². The van der Waals surface area contributed by atoms with Crippen molar-refractivity contribution < 1.29 is 4.74 Å². The quantitative estimate of drug-likeness (QED) is 0.729. The lowest BCUT2D eigenvalue weighted by Gasteiger charge is -2.41. The zero-order chi connectivity index (χ0) is 9.86. The molecule has 1 saturated carbocycles. The van der Waals surface area contributed by atoms with Gasteiger partial charge in [0, 0.05) is 19.7 Å². The highest BCUT2D eigenvalue weighted by atomic mass is 16.5. The number of hydrogen-bond acceptors (Lipinski definition) is 2. The topological polar surface area (TPSA) is 21.3 Å². The lowest BCUT2D eigenvalue weighted by Crippen LogP contribution is -2.40. The third-order valence-corrected chi connectivity index (χ3v) is 4.12. The summed E-state index contributed by atoms with van der Waals surface area (Å²) < 4.78 is 5.37. The van der Waals surface area contributed by atoms with Crippen LogP contribution in [0.15, 0.2) is 0 Å². The van der Waals surface area contributed by atoms with Gasteiger partial charge >= 0.3 is 0 Å². The minimum Gasteiger partial charge on any atom is -0.381 e. The molecule has 0 spiro atoms. The molecule has 1 N–H and O–H groups in total. The summed E-state index contributed by atoms with van der Waals surface area (Å²) in [6, 6.07) is 0. The van der Waals surface area contributed by atoms with Crippen molar-refractivity contribution >= 4 is 0 Å². The Bertz CT molecular complexity index is 166. The molecule has 0 bridgehead atoms. The van der Waals surface area contributed by atoms with Crippen molar-refractivity contribution in [3.63, 3.8) is 0 Å². The SMILES string of the molecule is CCC1(CNCC2CCOC2)CCC1. The molecular formula is C12H23NO. The van der Waals surface area contributed by atoms with Gasteiger partial charge in [0.2, 0.25) is 0 Å². The fraction of sp³-hybridized carbons (Fsp3) is 1.00. The van der Waals surface area contributed by atoms with Crippen molar-refractivity contribution in [1.82, 2.24) is 5.32 Å². The van der Waals surface area contributed by atoms with Crippen LogP contribution in [0.25, 0.3) is 0 Å². The second-order valence-corrected chi connectivity index (χ2v) is 5.07. The Labute approximate surface area is 87.4 Å². The van der Waals surface area contributed by atoms with Crippen LogP contribution >= 0.6 is 0 Å². The summed E-state index contributed by atoms with van der Waals surface area (Å²) in [5.41, 5.74) is 0.666. The van der Waals surface area contributed by atoms with E-state index in [4.69, 9.17) is 4.74 Å². The smallest absolute Gasteiger partial charge is 0.0507 e. The molecule has 0 aromatic rings. The van der Waals surface area contributed by atoms with E-state index in [1.54, 1.807) is 0 Å². The van der Waals surface area contributed by atoms with E-state index < -0.39 is 0 Å². The summed E-state index contributed by atoms with van der Waals surface area (Å²) in [6.45, 7) is 6.69. The molecule has 0 radical (unpaired) electrons. The molecule has 0 aromatic carbocycles. The van der Waals surface area contributed by atoms with Gasteiger partial charge in [0.25, 0.3) is 0 Å². The lowest BCUT2D eigenvalue weighted by molar-refractivity contribution is 0.121. The van der Waals surface area contributed by atoms with E-state index in [-0.39, 0.29) is 0 Å². The first-order valence-corrected chi connectivity index (χ1v) is 6.13. The molecule has 2 aliphatic rings. The molecule has 2 fully saturated rings. The molecule has 14 heavy (non-hydrogen) atoms. The lowest BCUT2D eigenvalue weighted by atomic mass is 9.67. The minimum absolute atomic E-state index is 0.666. The normalized spacial score (nSPS) is 30.2. The van der Waals surface area contributed by atoms with Crippen LogP contribution in [0.1, 0.15) is 39.0 Å². The third kappa shape index (κ3) is 2.29. The van der Waals surface area contributed by atoms with E-state index in [0.29, 0.717) is 5.41 Å². The standard InChI is InChI=1S/C12H23NO/c1-2-12(5-3-6-12)10-13-8-11-4-7-14-9-11/h11,13H,2-10H2,1H3. The Morgan fingerprint density at radius 1 is 1.43 bits per heavy atom. The average molecular weight is 197 g/mol. The maximum absolute atomic E-state index is 5.37. The maximum atomic E-state index is 5.37. The van der Waals surface area contributed by atoms with Crippen LogP contribution in [-0.4, -0.2) is 26.3 Å². The molecule has 1 saturated heterocycles. The van der Waals surface area contributed by atoms with Crippen LogP contribution in [0.5, 0.6) is 0 Å². The van der Waals surface area contributed by atoms with Crippen molar-refractivity contribution in [3.05, 3.63) is 0 Å². The molecule has 2 nitrogen and oxygen atoms in total. The van der Waals surface area contributed by atoms with Gasteiger partial charge in [-0.25, -0.2) is 0 Å². The van der Waals surface area contributed by atoms with Gasteiger partial charge in [-0.15, -0.1) is 0 Å². The third-order valence-electron chi connectivity index (χ3n) is 4.12. The van der Waals surface area contributed by atoms with Crippen LogP contribution in [0.4, 0.5) is 0 Å². The molecule has 0 amide bonds. The van der Waals surface area contributed by atoms with E-state index in [2.05, 4.69) is 12.2 Å². The Kier molecular flexibility index (Phi) is 3.45. The van der Waals surface area contributed by atoms with Gasteiger partial charge in [-0.3, -0.25) is 0 Å². The predicted octanol–water partition coefficient (Wildman–Crippen LogP) is 2.19. The first kappa shape index (κ1) is 10.4. The van der Waals surface area contributed by atoms with E-state index in [0.717, 1.165) is 19.1 Å². The molecule has 1 atom stereocenters. The number of ether oxygens (including phenoxy) is 1. The Morgan fingerprint density at radius 3 is 2.79 bits per heavy atom. The monoisotopic (exact) mass is 197 g/mol.